The van der Waals surface area contributed by atoms with E-state index in [1.807, 2.05) is 12.2 Å². The van der Waals surface area contributed by atoms with Gasteiger partial charge in [-0.25, -0.2) is 0 Å². The van der Waals surface area contributed by atoms with Gasteiger partial charge in [-0.1, -0.05) is 32.1 Å². The molecule has 0 spiro atoms. The molecule has 13 heavy (non-hydrogen) atoms. The van der Waals surface area contributed by atoms with Gasteiger partial charge in [0.05, 0.1) is 0 Å². The average Bonchev–Trinajstić information content (AvgIpc) is 2.14. The van der Waals surface area contributed by atoms with Crippen molar-refractivity contribution in [2.45, 2.75) is 26.7 Å². The van der Waals surface area contributed by atoms with Gasteiger partial charge in [0.15, 0.2) is 0 Å². The Labute approximate surface area is 79.3 Å². The van der Waals surface area contributed by atoms with Crippen LogP contribution in [0.3, 0.4) is 0 Å². The van der Waals surface area contributed by atoms with Crippen LogP contribution in [-0.2, 0) is 9.53 Å². The molecule has 1 aliphatic rings. The molecule has 0 aromatic heterocycles. The zero-order valence-electron chi connectivity index (χ0n) is 8.25. The minimum Gasteiger partial charge on any atom is -0.461 e. The fraction of sp³-hybridized carbons (Fsp3) is 0.545. The first kappa shape index (κ1) is 10.0. The summed E-state index contributed by atoms with van der Waals surface area (Å²) in [6, 6.07) is 0. The number of esters is 1. The molecule has 1 atom stereocenters. The zero-order chi connectivity index (χ0) is 9.68. The van der Waals surface area contributed by atoms with E-state index in [1.165, 1.54) is 5.57 Å². The number of hydrogen-bond acceptors (Lipinski definition) is 2. The van der Waals surface area contributed by atoms with E-state index >= 15 is 0 Å². The third-order valence-corrected chi connectivity index (χ3v) is 2.06. The summed E-state index contributed by atoms with van der Waals surface area (Å²) >= 11 is 0. The zero-order valence-corrected chi connectivity index (χ0v) is 8.25. The van der Waals surface area contributed by atoms with E-state index < -0.39 is 0 Å². The third kappa shape index (κ3) is 3.45. The second-order valence-electron chi connectivity index (χ2n) is 3.41. The van der Waals surface area contributed by atoms with E-state index in [0.29, 0.717) is 18.9 Å². The van der Waals surface area contributed by atoms with E-state index in [0.717, 1.165) is 6.42 Å². The summed E-state index contributed by atoms with van der Waals surface area (Å²) in [7, 11) is 0. The van der Waals surface area contributed by atoms with Gasteiger partial charge in [-0.3, -0.25) is 4.79 Å². The molecular formula is C11H16O2. The summed E-state index contributed by atoms with van der Waals surface area (Å²) in [4.78, 5) is 10.9. The molecule has 0 radical (unpaired) electrons. The lowest BCUT2D eigenvalue weighted by atomic mass is 9.97. The van der Waals surface area contributed by atoms with Gasteiger partial charge in [0.2, 0.25) is 0 Å². The molecule has 0 N–H and O–H groups in total. The molecule has 0 saturated carbocycles. The molecule has 72 valence electrons. The first-order valence-corrected chi connectivity index (χ1v) is 4.74. The molecule has 1 aliphatic carbocycles. The van der Waals surface area contributed by atoms with Crippen molar-refractivity contribution in [3.63, 3.8) is 0 Å². The molecular weight excluding hydrogens is 164 g/mol. The van der Waals surface area contributed by atoms with Crippen molar-refractivity contribution in [2.24, 2.45) is 5.92 Å². The van der Waals surface area contributed by atoms with E-state index in [1.54, 1.807) is 6.92 Å². The maximum absolute atomic E-state index is 10.9. The minimum atomic E-state index is -0.122. The van der Waals surface area contributed by atoms with Gasteiger partial charge in [0.25, 0.3) is 0 Å². The monoisotopic (exact) mass is 180 g/mol. The van der Waals surface area contributed by atoms with Gasteiger partial charge in [0.1, 0.15) is 6.61 Å². The van der Waals surface area contributed by atoms with Gasteiger partial charge >= 0.3 is 5.97 Å². The topological polar surface area (TPSA) is 26.3 Å². The molecule has 0 unspecified atom stereocenters. The van der Waals surface area contributed by atoms with E-state index in [2.05, 4.69) is 13.0 Å². The lowest BCUT2D eigenvalue weighted by Gasteiger charge is -2.14. The molecule has 0 aromatic rings. The summed E-state index contributed by atoms with van der Waals surface area (Å²) in [6.07, 6.45) is 7.68. The van der Waals surface area contributed by atoms with Crippen LogP contribution in [0.25, 0.3) is 0 Å². The highest BCUT2D eigenvalue weighted by Crippen LogP contribution is 2.17. The smallest absolute Gasteiger partial charge is 0.305 e. The second kappa shape index (κ2) is 4.85. The Kier molecular flexibility index (Phi) is 3.74. The lowest BCUT2D eigenvalue weighted by Crippen LogP contribution is -2.09. The van der Waals surface area contributed by atoms with Crippen LogP contribution < -0.4 is 0 Å². The first-order valence-electron chi connectivity index (χ1n) is 4.74. The molecule has 0 saturated heterocycles. The fourth-order valence-electron chi connectivity index (χ4n) is 1.31. The predicted molar refractivity (Wildman–Crippen MR) is 52.3 cm³/mol. The van der Waals surface area contributed by atoms with Crippen molar-refractivity contribution in [3.8, 4) is 0 Å². The largest absolute Gasteiger partial charge is 0.461 e. The molecule has 0 aliphatic heterocycles. The van der Waals surface area contributed by atoms with Gasteiger partial charge in [-0.05, 0) is 17.9 Å². The van der Waals surface area contributed by atoms with Crippen molar-refractivity contribution in [1.82, 2.24) is 0 Å². The molecule has 1 rings (SSSR count). The molecule has 0 bridgehead atoms. The van der Waals surface area contributed by atoms with E-state index in [9.17, 15) is 4.79 Å². The van der Waals surface area contributed by atoms with Crippen LogP contribution in [-0.4, -0.2) is 12.6 Å². The van der Waals surface area contributed by atoms with Crippen molar-refractivity contribution in [1.29, 1.82) is 0 Å². The van der Waals surface area contributed by atoms with E-state index in [-0.39, 0.29) is 5.97 Å². The highest BCUT2D eigenvalue weighted by molar-refractivity contribution is 5.69. The Hall–Kier alpha value is -1.05. The summed E-state index contributed by atoms with van der Waals surface area (Å²) in [5.74, 6) is 0.448. The summed E-state index contributed by atoms with van der Waals surface area (Å²) in [6.45, 7) is 4.42. The van der Waals surface area contributed by atoms with Crippen LogP contribution in [0.1, 0.15) is 26.7 Å². The number of hydrogen-bond donors (Lipinski definition) is 0. The van der Waals surface area contributed by atoms with Crippen LogP contribution in [0, 0.1) is 5.92 Å². The SMILES string of the molecule is CCC(=O)OCC1=CC=C[C@H](C)C1. The van der Waals surface area contributed by atoms with Crippen molar-refractivity contribution < 1.29 is 9.53 Å². The van der Waals surface area contributed by atoms with Crippen molar-refractivity contribution >= 4 is 5.97 Å². The molecule has 0 aromatic carbocycles. The standard InChI is InChI=1S/C11H16O2/c1-3-11(12)13-8-10-6-4-5-9(2)7-10/h4-6,9H,3,7-8H2,1-2H3/t9-/m0/s1. The number of ether oxygens (including phenoxy) is 1. The lowest BCUT2D eigenvalue weighted by molar-refractivity contribution is -0.142. The maximum atomic E-state index is 10.9. The van der Waals surface area contributed by atoms with E-state index in [4.69, 9.17) is 4.74 Å². The number of carbonyl (C=O) groups is 1. The molecule has 0 amide bonds. The highest BCUT2D eigenvalue weighted by atomic mass is 16.5. The summed E-state index contributed by atoms with van der Waals surface area (Å²) in [5.41, 5.74) is 1.21. The number of rotatable bonds is 3. The Morgan fingerprint density at radius 2 is 2.46 bits per heavy atom. The third-order valence-electron chi connectivity index (χ3n) is 2.06. The van der Waals surface area contributed by atoms with Crippen LogP contribution >= 0.6 is 0 Å². The molecule has 0 heterocycles. The van der Waals surface area contributed by atoms with Crippen molar-refractivity contribution in [2.75, 3.05) is 6.61 Å². The van der Waals surface area contributed by atoms with Crippen LogP contribution in [0.5, 0.6) is 0 Å². The number of allylic oxidation sites excluding steroid dienone is 3. The quantitative estimate of drug-likeness (QED) is 0.624. The Morgan fingerprint density at radius 3 is 3.08 bits per heavy atom. The molecule has 2 nitrogen and oxygen atoms in total. The average molecular weight is 180 g/mol. The van der Waals surface area contributed by atoms with Gasteiger partial charge in [-0.2, -0.15) is 0 Å². The predicted octanol–water partition coefficient (Wildman–Crippen LogP) is 2.46. The van der Waals surface area contributed by atoms with Crippen LogP contribution in [0.2, 0.25) is 0 Å². The summed E-state index contributed by atoms with van der Waals surface area (Å²) in [5, 5.41) is 0. The first-order chi connectivity index (χ1) is 6.22. The Bertz CT molecular complexity index is 238. The van der Waals surface area contributed by atoms with Gasteiger partial charge < -0.3 is 4.74 Å². The van der Waals surface area contributed by atoms with Crippen molar-refractivity contribution in [3.05, 3.63) is 23.8 Å². The highest BCUT2D eigenvalue weighted by Gasteiger charge is 2.08. The minimum absolute atomic E-state index is 0.122. The molecule has 0 fully saturated rings. The van der Waals surface area contributed by atoms with Gasteiger partial charge in [-0.15, -0.1) is 0 Å². The Balaban J connectivity index is 2.33. The normalized spacial score (nSPS) is 21.1. The Morgan fingerprint density at radius 1 is 1.69 bits per heavy atom. The van der Waals surface area contributed by atoms with Crippen LogP contribution in [0.4, 0.5) is 0 Å². The summed E-state index contributed by atoms with van der Waals surface area (Å²) < 4.78 is 5.04. The molecule has 2 heteroatoms. The number of carbonyl (C=O) groups excluding carboxylic acids is 1. The maximum Gasteiger partial charge on any atom is 0.305 e. The van der Waals surface area contributed by atoms with Gasteiger partial charge in [0, 0.05) is 6.42 Å². The second-order valence-corrected chi connectivity index (χ2v) is 3.41. The fourth-order valence-corrected chi connectivity index (χ4v) is 1.31. The van der Waals surface area contributed by atoms with Crippen LogP contribution in [0.15, 0.2) is 23.8 Å².